The minimum absolute atomic E-state index is 0.158. The summed E-state index contributed by atoms with van der Waals surface area (Å²) in [6.07, 6.45) is 5.20. The first-order valence-corrected chi connectivity index (χ1v) is 6.40. The number of aryl methyl sites for hydroxylation is 2. The lowest BCUT2D eigenvalue weighted by molar-refractivity contribution is 0.0960. The van der Waals surface area contributed by atoms with E-state index in [4.69, 9.17) is 5.73 Å². The molecular formula is C15H21NO. The van der Waals surface area contributed by atoms with E-state index >= 15 is 0 Å². The van der Waals surface area contributed by atoms with Crippen LogP contribution in [-0.4, -0.2) is 11.3 Å². The monoisotopic (exact) mass is 231 g/mol. The molecule has 2 nitrogen and oxygen atoms in total. The molecule has 1 aliphatic carbocycles. The number of carbonyl (C=O) groups excluding carboxylic acids is 1. The van der Waals surface area contributed by atoms with Crippen molar-refractivity contribution in [2.75, 3.05) is 0 Å². The third-order valence-corrected chi connectivity index (χ3v) is 3.29. The van der Waals surface area contributed by atoms with Crippen LogP contribution >= 0.6 is 0 Å². The van der Waals surface area contributed by atoms with E-state index in [0.29, 0.717) is 6.42 Å². The maximum absolute atomic E-state index is 12.1. The molecule has 0 fully saturated rings. The lowest BCUT2D eigenvalue weighted by Crippen LogP contribution is -2.34. The van der Waals surface area contributed by atoms with Gasteiger partial charge < -0.3 is 5.73 Å². The fraction of sp³-hybridized carbons (Fsp3) is 0.533. The lowest BCUT2D eigenvalue weighted by Gasteiger charge is -2.19. The molecule has 0 aromatic heterocycles. The van der Waals surface area contributed by atoms with E-state index in [2.05, 4.69) is 12.1 Å². The lowest BCUT2D eigenvalue weighted by atomic mass is 9.88. The van der Waals surface area contributed by atoms with E-state index in [0.717, 1.165) is 18.4 Å². The molecule has 0 saturated carbocycles. The van der Waals surface area contributed by atoms with Crippen molar-refractivity contribution < 1.29 is 4.79 Å². The van der Waals surface area contributed by atoms with Gasteiger partial charge in [-0.15, -0.1) is 0 Å². The topological polar surface area (TPSA) is 43.1 Å². The smallest absolute Gasteiger partial charge is 0.164 e. The molecule has 2 heteroatoms. The molecule has 0 amide bonds. The summed E-state index contributed by atoms with van der Waals surface area (Å²) >= 11 is 0. The van der Waals surface area contributed by atoms with Gasteiger partial charge >= 0.3 is 0 Å². The molecule has 0 radical (unpaired) electrons. The molecule has 0 bridgehead atoms. The highest BCUT2D eigenvalue weighted by atomic mass is 16.1. The average Bonchev–Trinajstić information content (AvgIpc) is 2.26. The van der Waals surface area contributed by atoms with E-state index in [9.17, 15) is 4.79 Å². The zero-order valence-corrected chi connectivity index (χ0v) is 10.8. The SMILES string of the molecule is CC(C)(N)CC(=O)c1ccc2c(c1)CCCC2. The molecule has 0 aliphatic heterocycles. The number of carbonyl (C=O) groups is 1. The summed E-state index contributed by atoms with van der Waals surface area (Å²) < 4.78 is 0. The molecule has 17 heavy (non-hydrogen) atoms. The van der Waals surface area contributed by atoms with Gasteiger partial charge in [0.15, 0.2) is 5.78 Å². The number of nitrogens with two attached hydrogens (primary N) is 1. The Bertz CT molecular complexity index is 429. The van der Waals surface area contributed by atoms with Crippen LogP contribution in [0.1, 0.15) is 54.6 Å². The zero-order chi connectivity index (χ0) is 12.5. The number of Topliss-reactive ketones (excluding diaryl/α,β-unsaturated/α-hetero) is 1. The van der Waals surface area contributed by atoms with Gasteiger partial charge in [0.1, 0.15) is 0 Å². The van der Waals surface area contributed by atoms with Crippen molar-refractivity contribution in [1.29, 1.82) is 0 Å². The highest BCUT2D eigenvalue weighted by molar-refractivity contribution is 5.97. The molecule has 0 atom stereocenters. The van der Waals surface area contributed by atoms with Crippen LogP contribution in [0.4, 0.5) is 0 Å². The second-order valence-corrected chi connectivity index (χ2v) is 5.78. The first kappa shape index (κ1) is 12.3. The number of fused-ring (bicyclic) bond motifs is 1. The maximum Gasteiger partial charge on any atom is 0.164 e. The molecule has 0 heterocycles. The number of hydrogen-bond acceptors (Lipinski definition) is 2. The van der Waals surface area contributed by atoms with Gasteiger partial charge in [0.05, 0.1) is 0 Å². The molecular weight excluding hydrogens is 210 g/mol. The van der Waals surface area contributed by atoms with Crippen LogP contribution < -0.4 is 5.73 Å². The fourth-order valence-corrected chi connectivity index (χ4v) is 2.42. The van der Waals surface area contributed by atoms with E-state index in [-0.39, 0.29) is 5.78 Å². The maximum atomic E-state index is 12.1. The highest BCUT2D eigenvalue weighted by Gasteiger charge is 2.19. The predicted octanol–water partition coefficient (Wildman–Crippen LogP) is 2.88. The Kier molecular flexibility index (Phi) is 3.34. The molecule has 0 spiro atoms. The highest BCUT2D eigenvalue weighted by Crippen LogP contribution is 2.23. The summed E-state index contributed by atoms with van der Waals surface area (Å²) in [5.74, 6) is 0.158. The number of rotatable bonds is 3. The Morgan fingerprint density at radius 1 is 1.24 bits per heavy atom. The summed E-state index contributed by atoms with van der Waals surface area (Å²) in [6, 6.07) is 6.14. The number of ketones is 1. The van der Waals surface area contributed by atoms with Gasteiger partial charge in [-0.1, -0.05) is 12.1 Å². The second-order valence-electron chi connectivity index (χ2n) is 5.78. The van der Waals surface area contributed by atoms with Crippen LogP contribution in [0.2, 0.25) is 0 Å². The third-order valence-electron chi connectivity index (χ3n) is 3.29. The van der Waals surface area contributed by atoms with Crippen molar-refractivity contribution >= 4 is 5.78 Å². The standard InChI is InChI=1S/C15H21NO/c1-15(2,16)10-14(17)13-8-7-11-5-3-4-6-12(11)9-13/h7-9H,3-6,10,16H2,1-2H3. The first-order chi connectivity index (χ1) is 7.96. The van der Waals surface area contributed by atoms with Crippen molar-refractivity contribution in [1.82, 2.24) is 0 Å². The van der Waals surface area contributed by atoms with Crippen LogP contribution in [0.15, 0.2) is 18.2 Å². The van der Waals surface area contributed by atoms with E-state index in [1.54, 1.807) is 0 Å². The third kappa shape index (κ3) is 3.16. The van der Waals surface area contributed by atoms with Crippen molar-refractivity contribution in [3.8, 4) is 0 Å². The Balaban J connectivity index is 2.19. The molecule has 1 aromatic rings. The van der Waals surface area contributed by atoms with Gasteiger partial charge in [0.2, 0.25) is 0 Å². The zero-order valence-electron chi connectivity index (χ0n) is 10.8. The molecule has 1 aromatic carbocycles. The minimum Gasteiger partial charge on any atom is -0.325 e. The molecule has 0 unspecified atom stereocenters. The van der Waals surface area contributed by atoms with Gasteiger partial charge in [0.25, 0.3) is 0 Å². The van der Waals surface area contributed by atoms with Crippen molar-refractivity contribution in [3.05, 3.63) is 34.9 Å². The summed E-state index contributed by atoms with van der Waals surface area (Å²) in [5, 5.41) is 0. The summed E-state index contributed by atoms with van der Waals surface area (Å²) in [7, 11) is 0. The van der Waals surface area contributed by atoms with Gasteiger partial charge in [-0.2, -0.15) is 0 Å². The predicted molar refractivity (Wildman–Crippen MR) is 70.3 cm³/mol. The molecule has 2 N–H and O–H groups in total. The number of benzene rings is 1. The Labute approximate surface area is 103 Å². The minimum atomic E-state index is -0.424. The van der Waals surface area contributed by atoms with Gasteiger partial charge in [-0.05, 0) is 56.7 Å². The van der Waals surface area contributed by atoms with Gasteiger partial charge in [-0.25, -0.2) is 0 Å². The normalized spacial score (nSPS) is 15.5. The quantitative estimate of drug-likeness (QED) is 0.813. The Morgan fingerprint density at radius 2 is 1.88 bits per heavy atom. The van der Waals surface area contributed by atoms with E-state index in [1.807, 2.05) is 19.9 Å². The van der Waals surface area contributed by atoms with Crippen LogP contribution in [0.25, 0.3) is 0 Å². The summed E-state index contributed by atoms with van der Waals surface area (Å²) in [6.45, 7) is 3.78. The van der Waals surface area contributed by atoms with Crippen LogP contribution in [-0.2, 0) is 12.8 Å². The summed E-state index contributed by atoms with van der Waals surface area (Å²) in [5.41, 5.74) is 9.07. The molecule has 0 saturated heterocycles. The Morgan fingerprint density at radius 3 is 2.53 bits per heavy atom. The van der Waals surface area contributed by atoms with Crippen LogP contribution in [0.3, 0.4) is 0 Å². The van der Waals surface area contributed by atoms with Crippen molar-refractivity contribution in [2.45, 2.75) is 51.5 Å². The van der Waals surface area contributed by atoms with E-state index < -0.39 is 5.54 Å². The van der Waals surface area contributed by atoms with Crippen molar-refractivity contribution in [3.63, 3.8) is 0 Å². The first-order valence-electron chi connectivity index (χ1n) is 6.40. The largest absolute Gasteiger partial charge is 0.325 e. The van der Waals surface area contributed by atoms with Gasteiger partial charge in [0, 0.05) is 17.5 Å². The Hall–Kier alpha value is -1.15. The molecule has 92 valence electrons. The summed E-state index contributed by atoms with van der Waals surface area (Å²) in [4.78, 5) is 12.1. The van der Waals surface area contributed by atoms with Crippen molar-refractivity contribution in [2.24, 2.45) is 5.73 Å². The molecule has 2 rings (SSSR count). The van der Waals surface area contributed by atoms with Crippen LogP contribution in [0.5, 0.6) is 0 Å². The van der Waals surface area contributed by atoms with E-state index in [1.165, 1.54) is 24.0 Å². The second kappa shape index (κ2) is 4.61. The van der Waals surface area contributed by atoms with Crippen LogP contribution in [0, 0.1) is 0 Å². The average molecular weight is 231 g/mol. The fourth-order valence-electron chi connectivity index (χ4n) is 2.42. The number of hydrogen-bond donors (Lipinski definition) is 1. The molecule has 1 aliphatic rings. The van der Waals surface area contributed by atoms with Gasteiger partial charge in [-0.3, -0.25) is 4.79 Å².